The predicted octanol–water partition coefficient (Wildman–Crippen LogP) is 32.2. The molecule has 11 aromatic carbocycles. The van der Waals surface area contributed by atoms with E-state index in [-0.39, 0.29) is 85.8 Å². The Balaban J connectivity index is 0.000000195. The van der Waals surface area contributed by atoms with Crippen LogP contribution in [0.3, 0.4) is 0 Å². The molecule has 18 aromatic rings. The first-order valence-electron chi connectivity index (χ1n) is 45.8. The summed E-state index contributed by atoms with van der Waals surface area (Å²) in [6.07, 6.45) is 18.5. The number of aromatic nitrogens is 7. The van der Waals surface area contributed by atoms with Crippen LogP contribution in [-0.4, -0.2) is 34.9 Å². The molecule has 4 radical (unpaired) electrons. The summed E-state index contributed by atoms with van der Waals surface area (Å²) in [5.41, 5.74) is 33.7. The first kappa shape index (κ1) is 109. The van der Waals surface area contributed by atoms with Crippen LogP contribution in [0.25, 0.3) is 123 Å². The van der Waals surface area contributed by atoms with Gasteiger partial charge in [-0.3, -0.25) is 0 Å². The van der Waals surface area contributed by atoms with Gasteiger partial charge in [0.15, 0.2) is 0 Å². The van der Waals surface area contributed by atoms with Gasteiger partial charge in [0, 0.05) is 124 Å². The number of rotatable bonds is 19. The second kappa shape index (κ2) is 56.6. The Hall–Kier alpha value is -11.9. The van der Waals surface area contributed by atoms with Crippen LogP contribution in [0, 0.1) is 79.0 Å². The van der Waals surface area contributed by atoms with Gasteiger partial charge in [0.05, 0.1) is 0 Å². The van der Waals surface area contributed by atoms with Crippen LogP contribution in [0.5, 0.6) is 0 Å². The van der Waals surface area contributed by atoms with Crippen LogP contribution >= 0.6 is 0 Å². The maximum atomic E-state index is 4.54. The van der Waals surface area contributed by atoms with Gasteiger partial charge < -0.3 is 34.9 Å². The molecule has 11 heteroatoms. The van der Waals surface area contributed by atoms with Crippen LogP contribution in [0.4, 0.5) is 0 Å². The van der Waals surface area contributed by atoms with Gasteiger partial charge in [-0.1, -0.05) is 280 Å². The molecule has 0 saturated heterocycles. The van der Waals surface area contributed by atoms with Crippen molar-refractivity contribution in [3.05, 3.63) is 477 Å². The molecule has 0 spiro atoms. The molecule has 0 fully saturated rings. The molecule has 7 nitrogen and oxygen atoms in total. The number of hydrogen-bond donors (Lipinski definition) is 0. The topological polar surface area (TPSA) is 90.2 Å². The fraction of sp³-hybridized carbons (Fsp3) is 0.192. The summed E-state index contributed by atoms with van der Waals surface area (Å²) in [5.74, 6) is 1.91. The van der Waals surface area contributed by atoms with Crippen molar-refractivity contribution in [1.29, 1.82) is 0 Å². The van der Waals surface area contributed by atoms with E-state index in [1.807, 2.05) is 189 Å². The van der Waals surface area contributed by atoms with E-state index in [1.54, 1.807) is 0 Å². The molecule has 7 heterocycles. The number of hydrogen-bond acceptors (Lipinski definition) is 7. The normalized spacial score (nSPS) is 10.7. The third-order valence-corrected chi connectivity index (χ3v) is 21.5. The van der Waals surface area contributed by atoms with Crippen molar-refractivity contribution in [2.45, 2.75) is 135 Å². The summed E-state index contributed by atoms with van der Waals surface area (Å²) in [5, 5.41) is 0. The molecule has 698 valence electrons. The van der Waals surface area contributed by atoms with Gasteiger partial charge >= 0.3 is 0 Å². The van der Waals surface area contributed by atoms with Gasteiger partial charge in [0.1, 0.15) is 0 Å². The Labute approximate surface area is 865 Å². The summed E-state index contributed by atoms with van der Waals surface area (Å²) in [4.78, 5) is 31.0. The van der Waals surface area contributed by atoms with Crippen molar-refractivity contribution >= 4 is 0 Å². The first-order chi connectivity index (χ1) is 64.0. The van der Waals surface area contributed by atoms with Crippen molar-refractivity contribution in [2.75, 3.05) is 0 Å². The van der Waals surface area contributed by atoms with Crippen molar-refractivity contribution in [3.63, 3.8) is 0 Å². The molecule has 0 aliphatic heterocycles. The first-order valence-corrected chi connectivity index (χ1v) is 45.8. The van der Waals surface area contributed by atoms with Crippen LogP contribution < -0.4 is 0 Å². The molecular formula is C125H120Ir4N7-7. The minimum absolute atomic E-state index is 0. The number of nitrogens with zero attached hydrogens (tertiary/aromatic N) is 7. The Morgan fingerprint density at radius 3 is 0.838 bits per heavy atom. The monoisotopic (exact) mass is 2490 g/mol. The molecule has 136 heavy (non-hydrogen) atoms. The molecular weight excluding hydrogens is 2370 g/mol. The van der Waals surface area contributed by atoms with E-state index in [9.17, 15) is 0 Å². The molecule has 0 bridgehead atoms. The smallest absolute Gasteiger partial charge is 0.0163 e. The zero-order valence-electron chi connectivity index (χ0n) is 80.3. The summed E-state index contributed by atoms with van der Waals surface area (Å²) < 4.78 is 0. The van der Waals surface area contributed by atoms with E-state index >= 15 is 0 Å². The van der Waals surface area contributed by atoms with E-state index in [0.29, 0.717) is 23.2 Å². The van der Waals surface area contributed by atoms with Gasteiger partial charge in [0.25, 0.3) is 0 Å². The third-order valence-electron chi connectivity index (χ3n) is 21.5. The summed E-state index contributed by atoms with van der Waals surface area (Å²) in [6.45, 7) is 31.1. The summed E-state index contributed by atoms with van der Waals surface area (Å²) in [6, 6.07) is 143. The molecule has 0 saturated carbocycles. The van der Waals surface area contributed by atoms with Crippen molar-refractivity contribution in [2.24, 2.45) is 22.7 Å². The van der Waals surface area contributed by atoms with Gasteiger partial charge in [-0.25, -0.2) is 0 Å². The molecule has 0 amide bonds. The van der Waals surface area contributed by atoms with Crippen LogP contribution in [0.2, 0.25) is 0 Å². The SMILES string of the molecule is CC(C)(C)Cc1ccnc(-c2[c-]ccc(-c3ccccc3)c2)c1.CC(C)(C)Cc1ccnc(-c2[c-]cccc2)c1.CC(C)Cc1ccnc(-c2[c-]ccc(-c3ccccc3)c2)c1.CC(C)Cc1ccnc(-c2[c-]cccc2)c1.CCC(C)c1cccc(-c2cc[c-]c(-c3ccccn3)c2)c1.Cc1ccnc(-c2[c-]ccc(-c3ccccc3)c2)c1.Cc1ccnc(-c2[c-]cccc2)c1.[Ir].[Ir].[Ir].[Ir]. The average molecular weight is 2490 g/mol. The standard InChI is InChI=1S/C22H22N.2C21H20N.C18H14N.C16H18N.C15H16N.C12H10N.4Ir/c1-22(2,3)16-17-12-13-23-21(14-17)20-11-7-10-19(15-20)18-8-5-4-6-9-18;1-16(2)13-17-11-12-22-21(14-17)20-10-6-9-19(15-20)18-7-4-3-5-8-18;1-3-16(2)17-8-6-9-18(14-17)19-10-7-11-20(15-19)21-12-4-5-13-22-21;1-14-10-11-19-18(12-14)17-9-5-8-16(13-17)15-6-3-2-4-7-15;1-16(2,3)12-13-9-10-17-15(11-13)14-7-5-4-6-8-14;1-12(2)10-13-8-9-16-15(11-13)14-6-4-3-5-7-14;1-10-7-8-13-12(9-10)11-5-3-2-4-6-11;;;;/h4-10,12-15H,16H2,1-3H3;3-9,11-12,14-16H,13H2,1-2H3;4-10,12-16H,3H2,1-2H3;2-8,10-13H,1H3;4-7,9-11H,12H2,1-3H3;3-6,8-9,11-12H,10H2,1-2H3;2-5,7-9H,1H3;;;;/q7*-1;;;;. The third kappa shape index (κ3) is 36.3. The van der Waals surface area contributed by atoms with E-state index in [1.165, 1.54) is 83.5 Å². The minimum Gasteiger partial charge on any atom is -0.305 e. The Kier molecular flexibility index (Phi) is 45.5. The zero-order chi connectivity index (χ0) is 92.9. The zero-order valence-corrected chi connectivity index (χ0v) is 89.8. The van der Waals surface area contributed by atoms with E-state index in [4.69, 9.17) is 0 Å². The van der Waals surface area contributed by atoms with Gasteiger partial charge in [-0.15, -0.1) is 249 Å². The molecule has 0 aliphatic rings. The molecule has 0 N–H and O–H groups in total. The fourth-order valence-electron chi connectivity index (χ4n) is 15.0. The summed E-state index contributed by atoms with van der Waals surface area (Å²) >= 11 is 0. The Bertz CT molecular complexity index is 6510. The molecule has 1 unspecified atom stereocenters. The van der Waals surface area contributed by atoms with Gasteiger partial charge in [-0.05, 0) is 185 Å². The molecule has 0 aliphatic carbocycles. The predicted molar refractivity (Wildman–Crippen MR) is 553 cm³/mol. The second-order valence-electron chi connectivity index (χ2n) is 36.3. The van der Waals surface area contributed by atoms with Gasteiger partial charge in [0.2, 0.25) is 0 Å². The van der Waals surface area contributed by atoms with E-state index in [0.717, 1.165) is 111 Å². The fourth-order valence-corrected chi connectivity index (χ4v) is 15.0. The second-order valence-corrected chi connectivity index (χ2v) is 36.3. The van der Waals surface area contributed by atoms with Crippen molar-refractivity contribution < 1.29 is 80.4 Å². The largest absolute Gasteiger partial charge is 0.305 e. The number of pyridine rings is 7. The van der Waals surface area contributed by atoms with Crippen LogP contribution in [0.1, 0.15) is 134 Å². The maximum Gasteiger partial charge on any atom is 0.0163 e. The number of aryl methyl sites for hydroxylation is 2. The maximum absolute atomic E-state index is 4.54. The average Bonchev–Trinajstić information content (AvgIpc) is 0.824. The quantitative estimate of drug-likeness (QED) is 0.0745. The minimum atomic E-state index is 0. The van der Waals surface area contributed by atoms with Gasteiger partial charge in [-0.2, -0.15) is 0 Å². The molecule has 1 atom stereocenters. The van der Waals surface area contributed by atoms with Crippen molar-refractivity contribution in [1.82, 2.24) is 34.9 Å². The van der Waals surface area contributed by atoms with E-state index in [2.05, 4.69) is 381 Å². The van der Waals surface area contributed by atoms with Crippen LogP contribution in [0.15, 0.2) is 395 Å². The van der Waals surface area contributed by atoms with Crippen molar-refractivity contribution in [3.8, 4) is 123 Å². The summed E-state index contributed by atoms with van der Waals surface area (Å²) in [7, 11) is 0. The molecule has 18 rings (SSSR count). The Morgan fingerprint density at radius 1 is 0.235 bits per heavy atom. The van der Waals surface area contributed by atoms with E-state index < -0.39 is 0 Å². The Morgan fingerprint density at radius 2 is 0.515 bits per heavy atom. The molecule has 7 aromatic heterocycles. The number of benzene rings is 11. The van der Waals surface area contributed by atoms with Crippen LogP contribution in [-0.2, 0) is 106 Å².